The molecule has 2 aliphatic heterocycles. The van der Waals surface area contributed by atoms with Gasteiger partial charge in [-0.2, -0.15) is 0 Å². The van der Waals surface area contributed by atoms with Crippen molar-refractivity contribution in [1.82, 2.24) is 19.4 Å². The molecule has 25 heavy (non-hydrogen) atoms. The first kappa shape index (κ1) is 18.1. The Morgan fingerprint density at radius 2 is 2.04 bits per heavy atom. The smallest absolute Gasteiger partial charge is 0.278 e. The van der Waals surface area contributed by atoms with Crippen molar-refractivity contribution in [2.75, 3.05) is 46.8 Å². The van der Waals surface area contributed by atoms with Crippen LogP contribution in [0.4, 0.5) is 5.82 Å². The van der Waals surface area contributed by atoms with Crippen LogP contribution >= 0.6 is 0 Å². The predicted molar refractivity (Wildman–Crippen MR) is 88.0 cm³/mol. The van der Waals surface area contributed by atoms with E-state index in [-0.39, 0.29) is 18.8 Å². The summed E-state index contributed by atoms with van der Waals surface area (Å²) in [5.74, 6) is 0.386. The van der Waals surface area contributed by atoms with E-state index in [1.54, 1.807) is 16.5 Å². The summed E-state index contributed by atoms with van der Waals surface area (Å²) < 4.78 is 12.8. The van der Waals surface area contributed by atoms with Crippen LogP contribution in [0.15, 0.2) is 6.33 Å². The maximum Gasteiger partial charge on any atom is 0.278 e. The number of amides is 1. The molecule has 0 radical (unpaired) electrons. The molecule has 10 nitrogen and oxygen atoms in total. The summed E-state index contributed by atoms with van der Waals surface area (Å²) >= 11 is 0. The van der Waals surface area contributed by atoms with Gasteiger partial charge in [-0.05, 0) is 14.1 Å². The van der Waals surface area contributed by atoms with Gasteiger partial charge in [-0.15, -0.1) is 0 Å². The number of rotatable bonds is 4. The van der Waals surface area contributed by atoms with Crippen molar-refractivity contribution in [3.8, 4) is 0 Å². The second kappa shape index (κ2) is 6.54. The van der Waals surface area contributed by atoms with E-state index < -0.39 is 24.5 Å². The third-order valence-corrected chi connectivity index (χ3v) is 4.82. The van der Waals surface area contributed by atoms with E-state index in [1.807, 2.05) is 30.9 Å². The first-order valence-corrected chi connectivity index (χ1v) is 8.03. The molecular formula is C15H25N5O5. The first-order chi connectivity index (χ1) is 11.8. The second-order valence-electron chi connectivity index (χ2n) is 6.60. The van der Waals surface area contributed by atoms with Crippen molar-refractivity contribution in [1.29, 1.82) is 0 Å². The zero-order chi connectivity index (χ0) is 18.5. The van der Waals surface area contributed by atoms with Gasteiger partial charge in [0, 0.05) is 21.2 Å². The number of carbonyl (C=O) groups is 1. The molecule has 1 unspecified atom stereocenters. The molecule has 3 rings (SSSR count). The lowest BCUT2D eigenvalue weighted by atomic mass is 10.1. The van der Waals surface area contributed by atoms with E-state index in [9.17, 15) is 15.0 Å². The molecule has 1 amide bonds. The van der Waals surface area contributed by atoms with E-state index in [0.29, 0.717) is 11.5 Å². The minimum atomic E-state index is -0.977. The van der Waals surface area contributed by atoms with Gasteiger partial charge < -0.3 is 29.5 Å². The van der Waals surface area contributed by atoms with E-state index in [4.69, 9.17) is 9.47 Å². The van der Waals surface area contributed by atoms with Crippen LogP contribution in [0.25, 0.3) is 0 Å². The topological polar surface area (TPSA) is 104 Å². The number of nitrogens with zero attached hydrogens (tertiary/aromatic N) is 5. The Morgan fingerprint density at radius 1 is 1.36 bits per heavy atom. The Kier molecular flexibility index (Phi) is 4.73. The van der Waals surface area contributed by atoms with Crippen molar-refractivity contribution in [3.05, 3.63) is 12.0 Å². The highest BCUT2D eigenvalue weighted by atomic mass is 16.6. The lowest BCUT2D eigenvalue weighted by Gasteiger charge is -2.44. The van der Waals surface area contributed by atoms with Crippen molar-refractivity contribution < 1.29 is 24.5 Å². The SMILES string of the molecule is CO[C@@H]1[C@H](O)[C@@H](CO)O[C@H]1n1cnc2c1N(C)C(N(C)C)N(C)C2=O. The van der Waals surface area contributed by atoms with Crippen molar-refractivity contribution in [2.24, 2.45) is 0 Å². The number of fused-ring (bicyclic) bond motifs is 1. The van der Waals surface area contributed by atoms with E-state index in [2.05, 4.69) is 4.98 Å². The Hall–Kier alpha value is -1.72. The van der Waals surface area contributed by atoms with Gasteiger partial charge in [0.25, 0.3) is 5.91 Å². The highest BCUT2D eigenvalue weighted by Gasteiger charge is 2.47. The molecule has 0 bridgehead atoms. The number of aliphatic hydroxyl groups is 2. The third-order valence-electron chi connectivity index (χ3n) is 4.82. The van der Waals surface area contributed by atoms with Gasteiger partial charge in [0.2, 0.25) is 0 Å². The first-order valence-electron chi connectivity index (χ1n) is 8.03. The Labute approximate surface area is 146 Å². The summed E-state index contributed by atoms with van der Waals surface area (Å²) in [6.07, 6.45) is -1.91. The number of hydrogen-bond donors (Lipinski definition) is 2. The Balaban J connectivity index is 2.04. The molecule has 1 aromatic rings. The lowest BCUT2D eigenvalue weighted by molar-refractivity contribution is -0.0599. The van der Waals surface area contributed by atoms with Gasteiger partial charge in [-0.1, -0.05) is 0 Å². The zero-order valence-corrected chi connectivity index (χ0v) is 15.0. The highest BCUT2D eigenvalue weighted by molar-refractivity contribution is 5.99. The minimum Gasteiger partial charge on any atom is -0.394 e. The standard InChI is InChI=1S/C15H25N5O5/c1-17(2)15-18(3)12-9(13(23)19(15)4)16-7-20(12)14-11(24-5)10(22)8(6-21)25-14/h7-8,10-11,14-15,21-22H,6H2,1-5H3/t8-,10-,11-,14-,15?/m1/s1. The number of hydrogen-bond acceptors (Lipinski definition) is 8. The second-order valence-corrected chi connectivity index (χ2v) is 6.60. The molecule has 2 N–H and O–H groups in total. The molecule has 10 heteroatoms. The maximum atomic E-state index is 12.7. The summed E-state index contributed by atoms with van der Waals surface area (Å²) in [5, 5.41) is 19.7. The van der Waals surface area contributed by atoms with Crippen LogP contribution in [0.3, 0.4) is 0 Å². The number of aliphatic hydroxyl groups excluding tert-OH is 2. The molecular weight excluding hydrogens is 330 g/mol. The van der Waals surface area contributed by atoms with Crippen LogP contribution in [0.2, 0.25) is 0 Å². The lowest BCUT2D eigenvalue weighted by Crippen LogP contribution is -2.59. The summed E-state index contributed by atoms with van der Waals surface area (Å²) in [6.45, 7) is -0.327. The summed E-state index contributed by atoms with van der Waals surface area (Å²) in [6, 6.07) is 0. The van der Waals surface area contributed by atoms with Crippen LogP contribution in [-0.2, 0) is 9.47 Å². The molecule has 0 aromatic carbocycles. The van der Waals surface area contributed by atoms with Crippen molar-refractivity contribution >= 4 is 11.7 Å². The molecule has 1 saturated heterocycles. The highest BCUT2D eigenvalue weighted by Crippen LogP contribution is 2.37. The van der Waals surface area contributed by atoms with Crippen LogP contribution < -0.4 is 4.90 Å². The molecule has 0 saturated carbocycles. The summed E-state index contributed by atoms with van der Waals surface area (Å²) in [7, 11) is 8.82. The number of carbonyl (C=O) groups excluding carboxylic acids is 1. The molecule has 2 aliphatic rings. The fraction of sp³-hybridized carbons (Fsp3) is 0.733. The molecule has 3 heterocycles. The van der Waals surface area contributed by atoms with Gasteiger partial charge >= 0.3 is 0 Å². The van der Waals surface area contributed by atoms with Crippen LogP contribution in [0.5, 0.6) is 0 Å². The Bertz CT molecular complexity index is 650. The van der Waals surface area contributed by atoms with Gasteiger partial charge in [-0.3, -0.25) is 14.3 Å². The maximum absolute atomic E-state index is 12.7. The third kappa shape index (κ3) is 2.61. The number of aromatic nitrogens is 2. The number of anilines is 1. The number of imidazole rings is 1. The fourth-order valence-electron chi connectivity index (χ4n) is 3.72. The molecule has 0 aliphatic carbocycles. The fourth-order valence-corrected chi connectivity index (χ4v) is 3.72. The van der Waals surface area contributed by atoms with Gasteiger partial charge in [0.15, 0.2) is 18.2 Å². The van der Waals surface area contributed by atoms with Crippen LogP contribution in [0.1, 0.15) is 16.7 Å². The Morgan fingerprint density at radius 3 is 2.60 bits per heavy atom. The molecule has 1 fully saturated rings. The number of ether oxygens (including phenoxy) is 2. The minimum absolute atomic E-state index is 0.197. The van der Waals surface area contributed by atoms with E-state index in [0.717, 1.165) is 0 Å². The van der Waals surface area contributed by atoms with Crippen molar-refractivity contribution in [3.63, 3.8) is 0 Å². The van der Waals surface area contributed by atoms with Crippen LogP contribution in [-0.4, -0.2) is 102 Å². The summed E-state index contributed by atoms with van der Waals surface area (Å²) in [5.41, 5.74) is 0.309. The monoisotopic (exact) mass is 355 g/mol. The summed E-state index contributed by atoms with van der Waals surface area (Å²) in [4.78, 5) is 22.4. The number of methoxy groups -OCH3 is 1. The normalized spacial score (nSPS) is 32.6. The van der Waals surface area contributed by atoms with Gasteiger partial charge in [0.05, 0.1) is 12.9 Å². The molecule has 0 spiro atoms. The van der Waals surface area contributed by atoms with E-state index in [1.165, 1.54) is 13.4 Å². The van der Waals surface area contributed by atoms with Crippen molar-refractivity contribution in [2.45, 2.75) is 30.8 Å². The predicted octanol–water partition coefficient (Wildman–Crippen LogP) is -1.48. The van der Waals surface area contributed by atoms with Crippen LogP contribution in [0, 0.1) is 0 Å². The quantitative estimate of drug-likeness (QED) is 0.674. The average Bonchev–Trinajstić information content (AvgIpc) is 3.13. The van der Waals surface area contributed by atoms with Gasteiger partial charge in [0.1, 0.15) is 24.1 Å². The largest absolute Gasteiger partial charge is 0.394 e. The van der Waals surface area contributed by atoms with Gasteiger partial charge in [-0.25, -0.2) is 4.98 Å². The molecule has 140 valence electrons. The van der Waals surface area contributed by atoms with E-state index >= 15 is 0 Å². The molecule has 5 atom stereocenters. The zero-order valence-electron chi connectivity index (χ0n) is 15.0. The molecule has 1 aromatic heterocycles. The average molecular weight is 355 g/mol.